The Kier molecular flexibility index (Phi) is 3.75. The first kappa shape index (κ1) is 14.2. The molecule has 2 amide bonds. The molecule has 106 valence electrons. The fourth-order valence-electron chi connectivity index (χ4n) is 2.65. The highest BCUT2D eigenvalue weighted by Gasteiger charge is 2.49. The van der Waals surface area contributed by atoms with E-state index in [1.54, 1.807) is 4.90 Å². The van der Waals surface area contributed by atoms with Crippen LogP contribution in [0.4, 0.5) is 4.79 Å². The molecule has 0 aliphatic carbocycles. The Morgan fingerprint density at radius 3 is 2.63 bits per heavy atom. The standard InChI is InChI=1S/C12H18N2O4S/c1-7(2)12(10(16)17)3-4-14(6-12)9(15)8-5-19-11(18)13-8/h7-8H,3-6H2,1-2H3,(H,13,18)(H,16,17). The molecule has 0 bridgehead atoms. The van der Waals surface area contributed by atoms with Crippen molar-refractivity contribution >= 4 is 28.9 Å². The molecular weight excluding hydrogens is 268 g/mol. The SMILES string of the molecule is CC(C)C1(C(=O)O)CCN(C(=O)C2CSC(=O)N2)C1. The van der Waals surface area contributed by atoms with Gasteiger partial charge in [0.2, 0.25) is 5.91 Å². The highest BCUT2D eigenvalue weighted by atomic mass is 32.2. The average Bonchev–Trinajstić information content (AvgIpc) is 2.94. The Bertz CT molecular complexity index is 426. The Balaban J connectivity index is 2.07. The van der Waals surface area contributed by atoms with Gasteiger partial charge in [-0.1, -0.05) is 25.6 Å². The van der Waals surface area contributed by atoms with Gasteiger partial charge in [0.1, 0.15) is 6.04 Å². The molecule has 2 fully saturated rings. The minimum Gasteiger partial charge on any atom is -0.481 e. The molecular formula is C12H18N2O4S. The fourth-order valence-corrected chi connectivity index (χ4v) is 3.42. The molecule has 6 nitrogen and oxygen atoms in total. The molecule has 0 radical (unpaired) electrons. The number of carboxylic acids is 1. The molecule has 0 spiro atoms. The number of carbonyl (C=O) groups is 3. The molecule has 0 aromatic heterocycles. The number of nitrogens with zero attached hydrogens (tertiary/aromatic N) is 1. The van der Waals surface area contributed by atoms with E-state index in [0.29, 0.717) is 18.7 Å². The fraction of sp³-hybridized carbons (Fsp3) is 0.750. The second-order valence-electron chi connectivity index (χ2n) is 5.42. The number of rotatable bonds is 3. The zero-order chi connectivity index (χ0) is 14.2. The first-order chi connectivity index (χ1) is 8.86. The summed E-state index contributed by atoms with van der Waals surface area (Å²) in [5.74, 6) is -0.615. The van der Waals surface area contributed by atoms with Gasteiger partial charge < -0.3 is 15.3 Å². The summed E-state index contributed by atoms with van der Waals surface area (Å²) in [4.78, 5) is 36.4. The van der Waals surface area contributed by atoms with Crippen LogP contribution in [-0.4, -0.2) is 52.0 Å². The van der Waals surface area contributed by atoms with Crippen LogP contribution in [0.5, 0.6) is 0 Å². The summed E-state index contributed by atoms with van der Waals surface area (Å²) < 4.78 is 0. The lowest BCUT2D eigenvalue weighted by Gasteiger charge is -2.29. The van der Waals surface area contributed by atoms with Crippen LogP contribution in [-0.2, 0) is 9.59 Å². The van der Waals surface area contributed by atoms with E-state index in [9.17, 15) is 19.5 Å². The maximum absolute atomic E-state index is 12.2. The van der Waals surface area contributed by atoms with Gasteiger partial charge in [-0.15, -0.1) is 0 Å². The molecule has 2 rings (SSSR count). The Hall–Kier alpha value is -1.24. The van der Waals surface area contributed by atoms with Gasteiger partial charge >= 0.3 is 5.97 Å². The Morgan fingerprint density at radius 1 is 1.53 bits per heavy atom. The van der Waals surface area contributed by atoms with Crippen LogP contribution in [0.1, 0.15) is 20.3 Å². The Labute approximate surface area is 115 Å². The van der Waals surface area contributed by atoms with Gasteiger partial charge in [0.05, 0.1) is 5.41 Å². The lowest BCUT2D eigenvalue weighted by molar-refractivity contribution is -0.151. The molecule has 2 N–H and O–H groups in total. The average molecular weight is 286 g/mol. The van der Waals surface area contributed by atoms with Crippen molar-refractivity contribution in [1.82, 2.24) is 10.2 Å². The third-order valence-corrected chi connectivity index (χ3v) is 4.99. The third kappa shape index (κ3) is 2.43. The van der Waals surface area contributed by atoms with E-state index in [0.717, 1.165) is 11.8 Å². The molecule has 2 saturated heterocycles. The smallest absolute Gasteiger partial charge is 0.311 e. The number of aliphatic carboxylic acids is 1. The van der Waals surface area contributed by atoms with Gasteiger partial charge in [-0.3, -0.25) is 14.4 Å². The van der Waals surface area contributed by atoms with Crippen LogP contribution in [0, 0.1) is 11.3 Å². The van der Waals surface area contributed by atoms with Crippen molar-refractivity contribution < 1.29 is 19.5 Å². The van der Waals surface area contributed by atoms with Crippen LogP contribution < -0.4 is 5.32 Å². The van der Waals surface area contributed by atoms with Crippen molar-refractivity contribution in [3.63, 3.8) is 0 Å². The first-order valence-corrected chi connectivity index (χ1v) is 7.31. The number of hydrogen-bond acceptors (Lipinski definition) is 4. The van der Waals surface area contributed by atoms with Crippen LogP contribution in [0.3, 0.4) is 0 Å². The largest absolute Gasteiger partial charge is 0.481 e. The summed E-state index contributed by atoms with van der Waals surface area (Å²) in [6.45, 7) is 4.42. The summed E-state index contributed by atoms with van der Waals surface area (Å²) in [7, 11) is 0. The summed E-state index contributed by atoms with van der Waals surface area (Å²) >= 11 is 1.09. The van der Waals surface area contributed by atoms with Gasteiger partial charge in [0.15, 0.2) is 0 Å². The number of nitrogens with one attached hydrogen (secondary N) is 1. The Morgan fingerprint density at radius 2 is 2.21 bits per heavy atom. The number of thioether (sulfide) groups is 1. The molecule has 2 unspecified atom stereocenters. The minimum atomic E-state index is -0.856. The molecule has 0 aromatic rings. The van der Waals surface area contributed by atoms with E-state index < -0.39 is 17.4 Å². The van der Waals surface area contributed by atoms with Crippen molar-refractivity contribution in [3.8, 4) is 0 Å². The maximum atomic E-state index is 12.2. The molecule has 0 saturated carbocycles. The molecule has 19 heavy (non-hydrogen) atoms. The van der Waals surface area contributed by atoms with Gasteiger partial charge in [0, 0.05) is 18.8 Å². The van der Waals surface area contributed by atoms with E-state index in [-0.39, 0.29) is 23.6 Å². The summed E-state index contributed by atoms with van der Waals surface area (Å²) in [5, 5.41) is 11.8. The first-order valence-electron chi connectivity index (χ1n) is 6.32. The zero-order valence-electron chi connectivity index (χ0n) is 11.0. The quantitative estimate of drug-likeness (QED) is 0.800. The number of likely N-dealkylation sites (tertiary alicyclic amines) is 1. The molecule has 7 heteroatoms. The van der Waals surface area contributed by atoms with Crippen molar-refractivity contribution in [2.24, 2.45) is 11.3 Å². The van der Waals surface area contributed by atoms with Gasteiger partial charge in [-0.2, -0.15) is 0 Å². The van der Waals surface area contributed by atoms with Gasteiger partial charge in [0.25, 0.3) is 5.24 Å². The molecule has 2 aliphatic rings. The molecule has 2 heterocycles. The highest BCUT2D eigenvalue weighted by Crippen LogP contribution is 2.38. The van der Waals surface area contributed by atoms with Crippen LogP contribution >= 0.6 is 11.8 Å². The summed E-state index contributed by atoms with van der Waals surface area (Å²) in [6.07, 6.45) is 0.472. The summed E-state index contributed by atoms with van der Waals surface area (Å²) in [5.41, 5.74) is -0.856. The number of amides is 2. The van der Waals surface area contributed by atoms with Crippen LogP contribution in [0.2, 0.25) is 0 Å². The number of carboxylic acid groups (broad SMARTS) is 1. The monoisotopic (exact) mass is 286 g/mol. The van der Waals surface area contributed by atoms with E-state index in [2.05, 4.69) is 5.32 Å². The summed E-state index contributed by atoms with van der Waals surface area (Å²) in [6, 6.07) is -0.505. The minimum absolute atomic E-state index is 0.0321. The zero-order valence-corrected chi connectivity index (χ0v) is 11.8. The second kappa shape index (κ2) is 5.03. The van der Waals surface area contributed by atoms with Gasteiger partial charge in [-0.25, -0.2) is 0 Å². The second-order valence-corrected chi connectivity index (χ2v) is 6.41. The van der Waals surface area contributed by atoms with Crippen LogP contribution in [0.15, 0.2) is 0 Å². The van der Waals surface area contributed by atoms with Crippen LogP contribution in [0.25, 0.3) is 0 Å². The van der Waals surface area contributed by atoms with Gasteiger partial charge in [-0.05, 0) is 12.3 Å². The maximum Gasteiger partial charge on any atom is 0.311 e. The van der Waals surface area contributed by atoms with Crippen molar-refractivity contribution in [3.05, 3.63) is 0 Å². The molecule has 2 atom stereocenters. The highest BCUT2D eigenvalue weighted by molar-refractivity contribution is 8.14. The predicted octanol–water partition coefficient (Wildman–Crippen LogP) is 0.771. The number of carbonyl (C=O) groups excluding carboxylic acids is 2. The van der Waals surface area contributed by atoms with E-state index >= 15 is 0 Å². The lowest BCUT2D eigenvalue weighted by atomic mass is 9.76. The predicted molar refractivity (Wildman–Crippen MR) is 70.9 cm³/mol. The van der Waals surface area contributed by atoms with Crippen molar-refractivity contribution in [2.75, 3.05) is 18.8 Å². The van der Waals surface area contributed by atoms with E-state index in [1.807, 2.05) is 13.8 Å². The van der Waals surface area contributed by atoms with Crippen molar-refractivity contribution in [1.29, 1.82) is 0 Å². The van der Waals surface area contributed by atoms with E-state index in [1.165, 1.54) is 0 Å². The third-order valence-electron chi connectivity index (χ3n) is 4.11. The molecule has 0 aromatic carbocycles. The van der Waals surface area contributed by atoms with E-state index in [4.69, 9.17) is 0 Å². The molecule has 2 aliphatic heterocycles. The van der Waals surface area contributed by atoms with Crippen molar-refractivity contribution in [2.45, 2.75) is 26.3 Å². The normalized spacial score (nSPS) is 30.8. The lowest BCUT2D eigenvalue weighted by Crippen LogP contribution is -2.47. The number of hydrogen-bond donors (Lipinski definition) is 2. The topological polar surface area (TPSA) is 86.7 Å².